The number of fused-ring (bicyclic) bond motifs is 1. The largest absolute Gasteiger partial charge is 0.508 e. The van der Waals surface area contributed by atoms with Gasteiger partial charge in [-0.15, -0.1) is 0 Å². The van der Waals surface area contributed by atoms with Gasteiger partial charge in [-0.25, -0.2) is 8.42 Å². The van der Waals surface area contributed by atoms with E-state index in [0.29, 0.717) is 10.9 Å². The highest BCUT2D eigenvalue weighted by Gasteiger charge is 2.41. The molecule has 0 unspecified atom stereocenters. The number of hydrogen-bond donors (Lipinski definition) is 1. The number of nitriles is 1. The molecule has 0 aromatic heterocycles. The molecule has 28 heavy (non-hydrogen) atoms. The lowest BCUT2D eigenvalue weighted by Gasteiger charge is -2.18. The normalized spacial score (nSPS) is 20.2. The van der Waals surface area contributed by atoms with Gasteiger partial charge in [0.05, 0.1) is 11.0 Å². The van der Waals surface area contributed by atoms with Crippen molar-refractivity contribution in [1.29, 1.82) is 5.26 Å². The lowest BCUT2D eigenvalue weighted by molar-refractivity contribution is 0.447. The average Bonchev–Trinajstić information content (AvgIpc) is 3.13. The first-order chi connectivity index (χ1) is 13.5. The summed E-state index contributed by atoms with van der Waals surface area (Å²) >= 11 is 0. The molecule has 1 aliphatic heterocycles. The van der Waals surface area contributed by atoms with Gasteiger partial charge in [0.25, 0.3) is 0 Å². The van der Waals surface area contributed by atoms with E-state index in [2.05, 4.69) is 6.07 Å². The van der Waals surface area contributed by atoms with Crippen molar-refractivity contribution >= 4 is 20.8 Å². The first-order valence-electron chi connectivity index (χ1n) is 9.15. The van der Waals surface area contributed by atoms with Gasteiger partial charge in [0.1, 0.15) is 5.75 Å². The SMILES string of the molecule is N#CC[C@H]1CN(S(=O)(=O)c2cccc3ccccc23)C[C@H]1c1ccccc1O. The molecule has 1 N–H and O–H groups in total. The molecule has 3 aromatic carbocycles. The number of hydrogen-bond acceptors (Lipinski definition) is 4. The highest BCUT2D eigenvalue weighted by Crippen LogP contribution is 2.41. The van der Waals surface area contributed by atoms with Crippen LogP contribution in [0.3, 0.4) is 0 Å². The van der Waals surface area contributed by atoms with Crippen molar-refractivity contribution in [1.82, 2.24) is 4.31 Å². The first kappa shape index (κ1) is 18.5. The fourth-order valence-corrected chi connectivity index (χ4v) is 5.80. The molecular formula is C22H20N2O3S. The molecule has 1 aliphatic rings. The molecule has 2 atom stereocenters. The first-order valence-corrected chi connectivity index (χ1v) is 10.6. The van der Waals surface area contributed by atoms with Gasteiger partial charge < -0.3 is 5.11 Å². The summed E-state index contributed by atoms with van der Waals surface area (Å²) in [6, 6.07) is 21.8. The second-order valence-corrected chi connectivity index (χ2v) is 8.99. The standard InChI is InChI=1S/C22H20N2O3S/c23-13-12-17-14-24(15-20(17)19-9-3-4-10-21(19)25)28(26,27)22-11-5-7-16-6-1-2-8-18(16)22/h1-11,17,20,25H,12,14-15H2/t17-,20+/m0/s1. The summed E-state index contributed by atoms with van der Waals surface area (Å²) in [6.45, 7) is 0.508. The Morgan fingerprint density at radius 3 is 2.50 bits per heavy atom. The van der Waals surface area contributed by atoms with Crippen LogP contribution in [-0.2, 0) is 10.0 Å². The Hall–Kier alpha value is -2.88. The summed E-state index contributed by atoms with van der Waals surface area (Å²) in [5.74, 6) is -0.242. The predicted molar refractivity (Wildman–Crippen MR) is 107 cm³/mol. The summed E-state index contributed by atoms with van der Waals surface area (Å²) in [5.41, 5.74) is 0.693. The van der Waals surface area contributed by atoms with E-state index in [1.807, 2.05) is 36.4 Å². The Morgan fingerprint density at radius 1 is 1.00 bits per heavy atom. The van der Waals surface area contributed by atoms with Gasteiger partial charge in [-0.2, -0.15) is 9.57 Å². The summed E-state index contributed by atoms with van der Waals surface area (Å²) in [4.78, 5) is 0.277. The zero-order valence-corrected chi connectivity index (χ0v) is 16.0. The van der Waals surface area contributed by atoms with Crippen LogP contribution in [0.2, 0.25) is 0 Å². The van der Waals surface area contributed by atoms with Crippen molar-refractivity contribution in [2.75, 3.05) is 13.1 Å². The van der Waals surface area contributed by atoms with Crippen LogP contribution in [0.4, 0.5) is 0 Å². The van der Waals surface area contributed by atoms with Crippen LogP contribution in [0.25, 0.3) is 10.8 Å². The summed E-state index contributed by atoms with van der Waals surface area (Å²) < 4.78 is 28.3. The van der Waals surface area contributed by atoms with Crippen LogP contribution >= 0.6 is 0 Å². The van der Waals surface area contributed by atoms with E-state index in [1.165, 1.54) is 4.31 Å². The molecule has 0 aliphatic carbocycles. The molecule has 0 saturated carbocycles. The van der Waals surface area contributed by atoms with Gasteiger partial charge in [-0.3, -0.25) is 0 Å². The van der Waals surface area contributed by atoms with E-state index >= 15 is 0 Å². The van der Waals surface area contributed by atoms with Crippen LogP contribution in [0.1, 0.15) is 17.9 Å². The van der Waals surface area contributed by atoms with Crippen LogP contribution in [0.15, 0.2) is 71.6 Å². The zero-order valence-electron chi connectivity index (χ0n) is 15.2. The summed E-state index contributed by atoms with van der Waals surface area (Å²) in [6.07, 6.45) is 0.237. The fraction of sp³-hybridized carbons (Fsp3) is 0.227. The van der Waals surface area contributed by atoms with Crippen LogP contribution in [-0.4, -0.2) is 30.9 Å². The molecule has 6 heteroatoms. The molecule has 142 valence electrons. The van der Waals surface area contributed by atoms with Gasteiger partial charge in [0, 0.05) is 30.8 Å². The van der Waals surface area contributed by atoms with E-state index in [-0.39, 0.29) is 42.0 Å². The number of rotatable bonds is 4. The molecule has 3 aromatic rings. The molecule has 1 saturated heterocycles. The topological polar surface area (TPSA) is 81.4 Å². The Labute approximate surface area is 164 Å². The van der Waals surface area contributed by atoms with E-state index < -0.39 is 10.0 Å². The van der Waals surface area contributed by atoms with Gasteiger partial charge in [-0.1, -0.05) is 54.6 Å². The van der Waals surface area contributed by atoms with Crippen molar-refractivity contribution < 1.29 is 13.5 Å². The highest BCUT2D eigenvalue weighted by atomic mass is 32.2. The minimum absolute atomic E-state index is 0.139. The van der Waals surface area contributed by atoms with Gasteiger partial charge >= 0.3 is 0 Å². The number of phenolic OH excluding ortho intramolecular Hbond substituents is 1. The number of sulfonamides is 1. The molecule has 1 fully saturated rings. The zero-order chi connectivity index (χ0) is 19.7. The molecule has 0 amide bonds. The maximum absolute atomic E-state index is 13.4. The summed E-state index contributed by atoms with van der Waals surface area (Å²) in [7, 11) is -3.73. The molecule has 5 nitrogen and oxygen atoms in total. The number of aromatic hydroxyl groups is 1. The quantitative estimate of drug-likeness (QED) is 0.731. The number of nitrogens with zero attached hydrogens (tertiary/aromatic N) is 2. The molecular weight excluding hydrogens is 372 g/mol. The fourth-order valence-electron chi connectivity index (χ4n) is 4.07. The Bertz CT molecular complexity index is 1160. The van der Waals surface area contributed by atoms with Crippen molar-refractivity contribution in [2.45, 2.75) is 17.2 Å². The monoisotopic (exact) mass is 392 g/mol. The highest BCUT2D eigenvalue weighted by molar-refractivity contribution is 7.89. The smallest absolute Gasteiger partial charge is 0.243 e. The minimum Gasteiger partial charge on any atom is -0.508 e. The van der Waals surface area contributed by atoms with Crippen LogP contribution in [0, 0.1) is 17.2 Å². The second kappa shape index (κ2) is 7.27. The van der Waals surface area contributed by atoms with Crippen molar-refractivity contribution in [3.05, 3.63) is 72.3 Å². The number of para-hydroxylation sites is 1. The average molecular weight is 392 g/mol. The van der Waals surface area contributed by atoms with Crippen molar-refractivity contribution in [2.24, 2.45) is 5.92 Å². The lowest BCUT2D eigenvalue weighted by atomic mass is 9.87. The van der Waals surface area contributed by atoms with E-state index in [0.717, 1.165) is 5.39 Å². The molecule has 0 bridgehead atoms. The van der Waals surface area contributed by atoms with Crippen LogP contribution < -0.4 is 0 Å². The van der Waals surface area contributed by atoms with E-state index in [1.54, 1.807) is 30.3 Å². The molecule has 0 radical (unpaired) electrons. The molecule has 0 spiro atoms. The molecule has 1 heterocycles. The Morgan fingerprint density at radius 2 is 1.71 bits per heavy atom. The van der Waals surface area contributed by atoms with Crippen molar-refractivity contribution in [3.8, 4) is 11.8 Å². The second-order valence-electron chi connectivity index (χ2n) is 7.09. The third kappa shape index (κ3) is 3.13. The van der Waals surface area contributed by atoms with Gasteiger partial charge in [0.15, 0.2) is 0 Å². The van der Waals surface area contributed by atoms with Crippen LogP contribution in [0.5, 0.6) is 5.75 Å². The van der Waals surface area contributed by atoms with Gasteiger partial charge in [-0.05, 0) is 29.0 Å². The van der Waals surface area contributed by atoms with E-state index in [4.69, 9.17) is 0 Å². The van der Waals surface area contributed by atoms with Crippen molar-refractivity contribution in [3.63, 3.8) is 0 Å². The number of phenols is 1. The third-order valence-electron chi connectivity index (χ3n) is 5.46. The lowest BCUT2D eigenvalue weighted by Crippen LogP contribution is -2.29. The minimum atomic E-state index is -3.73. The maximum atomic E-state index is 13.4. The Balaban J connectivity index is 1.75. The Kier molecular flexibility index (Phi) is 4.80. The maximum Gasteiger partial charge on any atom is 0.243 e. The van der Waals surface area contributed by atoms with Gasteiger partial charge in [0.2, 0.25) is 10.0 Å². The summed E-state index contributed by atoms with van der Waals surface area (Å²) in [5, 5.41) is 21.0. The molecule has 4 rings (SSSR count). The third-order valence-corrected chi connectivity index (χ3v) is 7.35. The number of benzene rings is 3. The predicted octanol–water partition coefficient (Wildman–Crippen LogP) is 3.86. The van der Waals surface area contributed by atoms with E-state index in [9.17, 15) is 18.8 Å².